The fourth-order valence-electron chi connectivity index (χ4n) is 1.19. The molecule has 14 heavy (non-hydrogen) atoms. The maximum absolute atomic E-state index is 12.2. The highest BCUT2D eigenvalue weighted by Gasteiger charge is 2.32. The number of hydrogen-bond acceptors (Lipinski definition) is 2. The van der Waals surface area contributed by atoms with Crippen LogP contribution in [0.25, 0.3) is 11.4 Å². The zero-order chi connectivity index (χ0) is 10.3. The Morgan fingerprint density at radius 2 is 2.07 bits per heavy atom. The van der Waals surface area contributed by atoms with Crippen molar-refractivity contribution < 1.29 is 18.4 Å². The first-order chi connectivity index (χ1) is 6.48. The monoisotopic (exact) mass is 202 g/mol. The van der Waals surface area contributed by atoms with Gasteiger partial charge in [-0.1, -0.05) is 0 Å². The van der Waals surface area contributed by atoms with Gasteiger partial charge in [0.05, 0.1) is 17.5 Å². The number of pyridine rings is 1. The van der Waals surface area contributed by atoms with Crippen LogP contribution in [0.2, 0.25) is 0 Å². The van der Waals surface area contributed by atoms with Crippen molar-refractivity contribution in [1.29, 1.82) is 0 Å². The van der Waals surface area contributed by atoms with Crippen LogP contribution in [0.5, 0.6) is 0 Å². The molecule has 0 fully saturated rings. The zero-order valence-electron chi connectivity index (χ0n) is 6.78. The van der Waals surface area contributed by atoms with Crippen LogP contribution in [0, 0.1) is 0 Å². The van der Waals surface area contributed by atoms with Crippen molar-refractivity contribution in [1.82, 2.24) is 9.71 Å². The maximum atomic E-state index is 12.2. The Hall–Kier alpha value is -1.72. The fraction of sp³-hybridized carbons (Fsp3) is 0.125. The van der Waals surface area contributed by atoms with Crippen LogP contribution >= 0.6 is 0 Å². The van der Waals surface area contributed by atoms with Gasteiger partial charge in [0.25, 0.3) is 0 Å². The summed E-state index contributed by atoms with van der Waals surface area (Å²) in [5.74, 6) is 0. The molecule has 2 heterocycles. The molecule has 2 rings (SSSR count). The summed E-state index contributed by atoms with van der Waals surface area (Å²) in [5.41, 5.74) is -0.563. The Morgan fingerprint density at radius 1 is 1.36 bits per heavy atom. The molecule has 0 radical (unpaired) electrons. The van der Waals surface area contributed by atoms with Crippen molar-refractivity contribution in [3.05, 3.63) is 30.1 Å². The Bertz CT molecular complexity index is 435. The van der Waals surface area contributed by atoms with Crippen LogP contribution in [0.4, 0.5) is 13.2 Å². The predicted octanol–water partition coefficient (Wildman–Crippen LogP) is 2.24. The number of fused-ring (bicyclic) bond motifs is 1. The molecule has 0 spiro atoms. The van der Waals surface area contributed by atoms with Gasteiger partial charge in [0.2, 0.25) is 0 Å². The first kappa shape index (κ1) is 8.86. The minimum atomic E-state index is -4.47. The fourth-order valence-corrected chi connectivity index (χ4v) is 1.19. The summed E-state index contributed by atoms with van der Waals surface area (Å²) in [4.78, 5) is 3.67. The number of hydrogen-bond donors (Lipinski definition) is 1. The molecule has 0 aromatic carbocycles. The standard InChI is InChI=1S/C8H5F3N2O/c9-8(10,11)5-3-6-7(1-2-12-6)13(14)4-5/h1-4,14H. The lowest BCUT2D eigenvalue weighted by Crippen LogP contribution is -2.09. The van der Waals surface area contributed by atoms with Crippen molar-refractivity contribution in [2.45, 2.75) is 6.18 Å². The third-order valence-electron chi connectivity index (χ3n) is 1.84. The van der Waals surface area contributed by atoms with E-state index in [1.54, 1.807) is 0 Å². The third-order valence-corrected chi connectivity index (χ3v) is 1.84. The maximum Gasteiger partial charge on any atom is 0.418 e. The van der Waals surface area contributed by atoms with E-state index in [1.165, 1.54) is 12.3 Å². The Balaban J connectivity index is 2.65. The summed E-state index contributed by atoms with van der Waals surface area (Å²) in [6.45, 7) is 0. The van der Waals surface area contributed by atoms with E-state index in [9.17, 15) is 18.4 Å². The second-order valence-electron chi connectivity index (χ2n) is 2.79. The minimum absolute atomic E-state index is 0.113. The van der Waals surface area contributed by atoms with Gasteiger partial charge >= 0.3 is 6.18 Å². The molecule has 0 unspecified atom stereocenters. The summed E-state index contributed by atoms with van der Waals surface area (Å²) in [6.07, 6.45) is -2.53. The van der Waals surface area contributed by atoms with Crippen LogP contribution in [0.3, 0.4) is 0 Å². The minimum Gasteiger partial charge on any atom is -0.428 e. The van der Waals surface area contributed by atoms with Crippen molar-refractivity contribution in [2.24, 2.45) is 0 Å². The van der Waals surface area contributed by atoms with Gasteiger partial charge in [0, 0.05) is 6.20 Å². The lowest BCUT2D eigenvalue weighted by atomic mass is 10.2. The van der Waals surface area contributed by atoms with Crippen LogP contribution in [-0.2, 0) is 6.18 Å². The van der Waals surface area contributed by atoms with Gasteiger partial charge in [-0.25, -0.2) is 0 Å². The number of alkyl halides is 3. The first-order valence-corrected chi connectivity index (χ1v) is 3.72. The zero-order valence-corrected chi connectivity index (χ0v) is 6.78. The highest BCUT2D eigenvalue weighted by atomic mass is 19.4. The number of aromatic nitrogens is 2. The molecule has 0 aromatic rings. The molecule has 1 N–H and O–H groups in total. The van der Waals surface area contributed by atoms with E-state index < -0.39 is 11.7 Å². The summed E-state index contributed by atoms with van der Waals surface area (Å²) in [5, 5.41) is 9.18. The Morgan fingerprint density at radius 3 is 2.71 bits per heavy atom. The Labute approximate surface area is 76.7 Å². The van der Waals surface area contributed by atoms with Crippen LogP contribution in [0.1, 0.15) is 5.56 Å². The topological polar surface area (TPSA) is 38.0 Å². The molecule has 74 valence electrons. The van der Waals surface area contributed by atoms with E-state index in [4.69, 9.17) is 0 Å². The van der Waals surface area contributed by atoms with Gasteiger partial charge in [-0.15, -0.1) is 0 Å². The van der Waals surface area contributed by atoms with Gasteiger partial charge in [-0.2, -0.15) is 17.9 Å². The van der Waals surface area contributed by atoms with Gasteiger partial charge in [0.15, 0.2) is 0 Å². The lowest BCUT2D eigenvalue weighted by Gasteiger charge is -2.10. The molecule has 0 saturated carbocycles. The van der Waals surface area contributed by atoms with Gasteiger partial charge < -0.3 is 5.21 Å². The van der Waals surface area contributed by atoms with Crippen LogP contribution in [0.15, 0.2) is 24.5 Å². The predicted molar refractivity (Wildman–Crippen MR) is 41.0 cm³/mol. The highest BCUT2D eigenvalue weighted by molar-refractivity contribution is 5.57. The van der Waals surface area contributed by atoms with E-state index in [0.29, 0.717) is 10.9 Å². The van der Waals surface area contributed by atoms with Crippen molar-refractivity contribution in [2.75, 3.05) is 0 Å². The number of nitrogens with zero attached hydrogens (tertiary/aromatic N) is 2. The highest BCUT2D eigenvalue weighted by Crippen LogP contribution is 2.32. The second-order valence-corrected chi connectivity index (χ2v) is 2.79. The van der Waals surface area contributed by atoms with Gasteiger partial charge in [0.1, 0.15) is 5.69 Å². The molecular weight excluding hydrogens is 197 g/mol. The third kappa shape index (κ3) is 1.28. The molecule has 0 bridgehead atoms. The number of halogens is 3. The van der Waals surface area contributed by atoms with Crippen LogP contribution in [-0.4, -0.2) is 14.9 Å². The Kier molecular flexibility index (Phi) is 1.67. The quantitative estimate of drug-likeness (QED) is 0.665. The van der Waals surface area contributed by atoms with Gasteiger partial charge in [-0.3, -0.25) is 4.98 Å². The second kappa shape index (κ2) is 2.63. The molecule has 2 aliphatic heterocycles. The average molecular weight is 202 g/mol. The molecule has 0 aromatic heterocycles. The largest absolute Gasteiger partial charge is 0.428 e. The molecular formula is C8H5F3N2O. The van der Waals surface area contributed by atoms with E-state index in [0.717, 1.165) is 6.07 Å². The lowest BCUT2D eigenvalue weighted by molar-refractivity contribution is -0.138. The van der Waals surface area contributed by atoms with E-state index >= 15 is 0 Å². The summed E-state index contributed by atoms with van der Waals surface area (Å²) in [6, 6.07) is 2.32. The normalized spacial score (nSPS) is 12.2. The van der Waals surface area contributed by atoms with Crippen molar-refractivity contribution in [3.63, 3.8) is 0 Å². The molecule has 2 aliphatic rings. The van der Waals surface area contributed by atoms with Crippen molar-refractivity contribution >= 4 is 0 Å². The van der Waals surface area contributed by atoms with Crippen LogP contribution < -0.4 is 0 Å². The summed E-state index contributed by atoms with van der Waals surface area (Å²) in [7, 11) is 0. The number of rotatable bonds is 0. The average Bonchev–Trinajstić information content (AvgIpc) is 2.50. The summed E-state index contributed by atoms with van der Waals surface area (Å²) >= 11 is 0. The first-order valence-electron chi connectivity index (χ1n) is 3.72. The molecule has 0 amide bonds. The van der Waals surface area contributed by atoms with Gasteiger partial charge in [-0.05, 0) is 12.1 Å². The van der Waals surface area contributed by atoms with E-state index in [2.05, 4.69) is 4.98 Å². The molecule has 0 atom stereocenters. The summed E-state index contributed by atoms with van der Waals surface area (Å²) < 4.78 is 37.2. The SMILES string of the molecule is On1cc(C(F)(F)F)cc2nccc1-2. The van der Waals surface area contributed by atoms with E-state index in [1.807, 2.05) is 0 Å². The molecule has 0 saturated heterocycles. The molecule has 6 heteroatoms. The van der Waals surface area contributed by atoms with Crippen molar-refractivity contribution in [3.8, 4) is 11.4 Å². The molecule has 3 nitrogen and oxygen atoms in total. The molecule has 0 aliphatic carbocycles. The smallest absolute Gasteiger partial charge is 0.418 e. The van der Waals surface area contributed by atoms with E-state index in [-0.39, 0.29) is 11.4 Å².